The number of carbonyl (C=O) groups is 14. The second-order valence-electron chi connectivity index (χ2n) is 25.1. The Labute approximate surface area is 539 Å². The zero-order valence-electron chi connectivity index (χ0n) is 53.2. The van der Waals surface area contributed by atoms with E-state index < -0.39 is 107 Å². The fourth-order valence-electron chi connectivity index (χ4n) is 15.6. The molecule has 15 atom stereocenters. The molecule has 29 nitrogen and oxygen atoms in total. The number of carbonyl (C=O) groups excluding carboxylic acids is 14. The third kappa shape index (κ3) is 19.1. The molecule has 0 radical (unpaired) electrons. The van der Waals surface area contributed by atoms with E-state index >= 15 is 0 Å². The summed E-state index contributed by atoms with van der Waals surface area (Å²) in [5.41, 5.74) is -1.23. The lowest BCUT2D eigenvalue weighted by Crippen LogP contribution is -2.54. The largest absolute Gasteiger partial charge is 0.539 e. The maximum Gasteiger partial charge on any atom is 0.359 e. The number of carboxylic acid groups (broad SMARTS) is 6. The van der Waals surface area contributed by atoms with Crippen LogP contribution in [0.5, 0.6) is 5.75 Å². The number of carboxylic acids is 6. The van der Waals surface area contributed by atoms with Crippen molar-refractivity contribution >= 4 is 83.6 Å². The molecule has 1 aromatic carbocycles. The molecule has 14 fully saturated rings. The molecule has 29 heteroatoms. The van der Waals surface area contributed by atoms with Crippen molar-refractivity contribution in [3.63, 3.8) is 0 Å². The minimum absolute atomic E-state index is 0. The van der Waals surface area contributed by atoms with Crippen LogP contribution in [0.2, 0.25) is 0 Å². The van der Waals surface area contributed by atoms with Gasteiger partial charge in [-0.15, -0.1) is 0 Å². The van der Waals surface area contributed by atoms with Crippen LogP contribution in [-0.4, -0.2) is 138 Å². The summed E-state index contributed by atoms with van der Waals surface area (Å²) in [5, 5.41) is 61.1. The standard InChI is InChI=1S/C12H14O6.C12H16O4.C10H10O6.C10H12O5.C8H6O4.C6H10O4.6CH3/c13-10(14)12(16)18-9-6-1-5-2-7(4-6)11(15)17-8(9)3-5;13-10(14)11(15)16-12-4-7-1-8(5-12)3-9(2-7)6-12;11-8(12)10(14)15-6-3-1-4-5(2-3)9(13)16-7(4)6;11-9(12)10(13)15-7-4-1-5-3-14-8(7)6(5)2-4;9-7(10)8(11)12-6-4-2-1-3-5-6;1-6(2,3)10-5(9)4(7)8;;;;;;/h5-9H,1-4H2,(H,13,14);7-9H,1-6H2,(H,13,14);3-7H,1-2H2,(H,11,12);4-8H,1-3H2,(H,11,12);1-5H,(H,9,10);1-3H3,(H,7,8);6*1H3/q;;;;;;6*+1/p-6. The first-order valence-electron chi connectivity index (χ1n) is 28.5. The summed E-state index contributed by atoms with van der Waals surface area (Å²) in [4.78, 5) is 149. The molecule has 14 aliphatic rings. The van der Waals surface area contributed by atoms with Gasteiger partial charge in [-0.05, 0) is 164 Å². The highest BCUT2D eigenvalue weighted by molar-refractivity contribution is 6.29. The lowest BCUT2D eigenvalue weighted by atomic mass is 9.54. The van der Waals surface area contributed by atoms with Gasteiger partial charge in [-0.2, -0.15) is 0 Å². The summed E-state index contributed by atoms with van der Waals surface area (Å²) in [6.07, 6.45) is 10.1. The molecule has 4 saturated heterocycles. The van der Waals surface area contributed by atoms with Gasteiger partial charge in [-0.1, -0.05) is 18.2 Å². The van der Waals surface area contributed by atoms with Crippen LogP contribution >= 0.6 is 0 Å². The third-order valence-corrected chi connectivity index (χ3v) is 18.1. The monoisotopic (exact) mass is 1310 g/mol. The molecule has 0 aromatic heterocycles. The van der Waals surface area contributed by atoms with E-state index in [1.165, 1.54) is 31.4 Å². The van der Waals surface area contributed by atoms with Gasteiger partial charge >= 0.3 is 47.8 Å². The van der Waals surface area contributed by atoms with Gasteiger partial charge in [0.25, 0.3) is 0 Å². The van der Waals surface area contributed by atoms with Gasteiger partial charge < -0.3 is 102 Å². The molecular formula is C64H80O29. The first-order valence-corrected chi connectivity index (χ1v) is 28.5. The summed E-state index contributed by atoms with van der Waals surface area (Å²) in [5.74, 6) is -15.4. The number of fused-ring (bicyclic) bond motifs is 3. The average Bonchev–Trinajstić information content (AvgIpc) is 1.71. The number of para-hydroxylation sites is 1. The van der Waals surface area contributed by atoms with Crippen LogP contribution in [0.3, 0.4) is 0 Å². The molecule has 4 heterocycles. The number of ether oxygens (including phenoxy) is 9. The van der Waals surface area contributed by atoms with Crippen LogP contribution in [0, 0.1) is 116 Å². The van der Waals surface area contributed by atoms with Gasteiger partial charge in [0.2, 0.25) is 0 Å². The number of aliphatic carboxylic acids is 6. The number of benzene rings is 1. The lowest BCUT2D eigenvalue weighted by molar-refractivity contribution is -0.307. The van der Waals surface area contributed by atoms with Gasteiger partial charge in [-0.25, -0.2) is 28.8 Å². The fourth-order valence-corrected chi connectivity index (χ4v) is 15.6. The third-order valence-electron chi connectivity index (χ3n) is 18.1. The van der Waals surface area contributed by atoms with Gasteiger partial charge in [0, 0.05) is 62.3 Å². The Bertz CT molecular complexity index is 2870. The van der Waals surface area contributed by atoms with E-state index in [2.05, 4.69) is 9.47 Å². The molecule has 510 valence electrons. The van der Waals surface area contributed by atoms with E-state index in [9.17, 15) is 97.8 Å². The highest BCUT2D eigenvalue weighted by Gasteiger charge is 2.64. The van der Waals surface area contributed by atoms with Crippen molar-refractivity contribution in [1.82, 2.24) is 0 Å². The number of hydrogen-bond donors (Lipinski definition) is 0. The quantitative estimate of drug-likeness (QED) is 0.0952. The number of rotatable bonds is 5. The van der Waals surface area contributed by atoms with Crippen molar-refractivity contribution in [3.8, 4) is 5.75 Å². The molecule has 0 amide bonds. The van der Waals surface area contributed by atoms with Crippen molar-refractivity contribution in [2.75, 3.05) is 6.61 Å². The maximum atomic E-state index is 11.7. The molecule has 15 unspecified atom stereocenters. The zero-order chi connectivity index (χ0) is 63.6. The van der Waals surface area contributed by atoms with Crippen LogP contribution in [0.1, 0.15) is 111 Å². The van der Waals surface area contributed by atoms with Crippen molar-refractivity contribution in [1.29, 1.82) is 0 Å². The van der Waals surface area contributed by atoms with Gasteiger partial charge in [0.1, 0.15) is 47.5 Å². The molecular weight excluding hydrogens is 1230 g/mol. The Kier molecular flexibility index (Phi) is 28.0. The molecule has 10 aliphatic carbocycles. The normalized spacial score (nSPS) is 32.7. The Balaban J connectivity index is 0.000000379. The molecule has 1 aromatic rings. The Morgan fingerprint density at radius 3 is 1.40 bits per heavy atom. The van der Waals surface area contributed by atoms with E-state index in [0.29, 0.717) is 54.8 Å². The molecule has 4 aliphatic heterocycles. The molecule has 15 rings (SSSR count). The van der Waals surface area contributed by atoms with Gasteiger partial charge in [0.05, 0.1) is 24.5 Å². The van der Waals surface area contributed by atoms with E-state index in [4.69, 9.17) is 33.2 Å². The molecule has 12 bridgehead atoms. The number of hydrogen-bond acceptors (Lipinski definition) is 29. The first kappa shape index (κ1) is 80.1. The summed E-state index contributed by atoms with van der Waals surface area (Å²) < 4.78 is 44.6. The highest BCUT2D eigenvalue weighted by atomic mass is 16.6. The predicted molar refractivity (Wildman–Crippen MR) is 301 cm³/mol. The van der Waals surface area contributed by atoms with Crippen molar-refractivity contribution in [3.05, 3.63) is 74.9 Å². The zero-order valence-corrected chi connectivity index (χ0v) is 53.2. The Morgan fingerprint density at radius 2 is 0.914 bits per heavy atom. The lowest BCUT2D eigenvalue weighted by Gasteiger charge is -2.55. The smallest absolute Gasteiger partial charge is 0.359 e. The van der Waals surface area contributed by atoms with E-state index in [1.54, 1.807) is 39.0 Å². The maximum absolute atomic E-state index is 11.7. The Morgan fingerprint density at radius 1 is 0.452 bits per heavy atom. The Hall–Kier alpha value is -9.02. The molecule has 10 saturated carbocycles. The van der Waals surface area contributed by atoms with E-state index in [-0.39, 0.29) is 110 Å². The van der Waals surface area contributed by atoms with E-state index in [0.717, 1.165) is 58.0 Å². The summed E-state index contributed by atoms with van der Waals surface area (Å²) in [6.45, 7) is 5.46. The topological polar surface area (TPSA) is 460 Å². The summed E-state index contributed by atoms with van der Waals surface area (Å²) in [7, 11) is 0. The van der Waals surface area contributed by atoms with Crippen LogP contribution in [0.25, 0.3) is 0 Å². The van der Waals surface area contributed by atoms with Crippen LogP contribution in [-0.2, 0) is 105 Å². The van der Waals surface area contributed by atoms with Crippen LogP contribution in [0.4, 0.5) is 0 Å². The van der Waals surface area contributed by atoms with Gasteiger partial charge in [0.15, 0.2) is 35.8 Å². The second kappa shape index (κ2) is 32.5. The highest BCUT2D eigenvalue weighted by Crippen LogP contribution is 2.58. The minimum atomic E-state index is -1.86. The summed E-state index contributed by atoms with van der Waals surface area (Å²) >= 11 is 0. The van der Waals surface area contributed by atoms with Crippen LogP contribution in [0.15, 0.2) is 30.3 Å². The van der Waals surface area contributed by atoms with Crippen molar-refractivity contribution in [2.45, 2.75) is 158 Å². The first-order chi connectivity index (χ1) is 40.9. The second-order valence-corrected chi connectivity index (χ2v) is 25.1. The molecule has 93 heavy (non-hydrogen) atoms. The minimum Gasteiger partial charge on any atom is -0.539 e. The fraction of sp³-hybridized carbons (Fsp3) is 0.594. The predicted octanol–water partition coefficient (Wildman–Crippen LogP) is -2.69. The molecule has 0 spiro atoms. The van der Waals surface area contributed by atoms with Crippen molar-refractivity contribution < 1.29 is 140 Å². The van der Waals surface area contributed by atoms with Crippen LogP contribution < -0.4 is 35.4 Å². The average molecular weight is 1310 g/mol. The SMILES string of the molecule is CC(C)(C)OC(=O)C(=O)[O-].O=C([O-])C(=O)OC12CC3CC(CC(C3)C1)C2.O=C([O-])C(=O)OC1C2CC3C(=O)OC1C3C2.O=C([O-])C(=O)OC1C2CC3CC(C2)C(=O)OC1C3.O=C([O-])C(=O)OC1C2CC3COC1C3C2.O=C([O-])C(=O)Oc1ccccc1.[CH3+].[CH3+].[CH3+].[CH3+].[CH3+].[CH3+]. The summed E-state index contributed by atoms with van der Waals surface area (Å²) in [6, 6.07) is 7.91. The van der Waals surface area contributed by atoms with E-state index in [1.807, 2.05) is 0 Å². The van der Waals surface area contributed by atoms with Crippen molar-refractivity contribution in [2.24, 2.45) is 71.0 Å². The van der Waals surface area contributed by atoms with Gasteiger partial charge in [-0.3, -0.25) is 9.59 Å². The number of esters is 8. The molecule has 0 N–H and O–H groups in total.